The molecule has 0 aromatic heterocycles. The van der Waals surface area contributed by atoms with Crippen LogP contribution in [0.4, 0.5) is 0 Å². The van der Waals surface area contributed by atoms with Gasteiger partial charge in [0, 0.05) is 37.8 Å². The molecule has 0 aromatic carbocycles. The predicted molar refractivity (Wildman–Crippen MR) is 79.8 cm³/mol. The number of hydrogen-bond donors (Lipinski definition) is 1. The van der Waals surface area contributed by atoms with Gasteiger partial charge in [-0.2, -0.15) is 0 Å². The Hall–Kier alpha value is -0.160. The van der Waals surface area contributed by atoms with Crippen molar-refractivity contribution in [3.63, 3.8) is 0 Å². The van der Waals surface area contributed by atoms with Gasteiger partial charge in [-0.3, -0.25) is 4.90 Å². The number of ether oxygens (including phenoxy) is 1. The summed E-state index contributed by atoms with van der Waals surface area (Å²) in [6.45, 7) is 9.17. The number of rotatable bonds is 3. The molecule has 3 aliphatic rings. The Balaban J connectivity index is 1.51. The average Bonchev–Trinajstić information content (AvgIpc) is 2.98. The third-order valence-corrected chi connectivity index (χ3v) is 5.90. The molecule has 1 saturated carbocycles. The summed E-state index contributed by atoms with van der Waals surface area (Å²) in [6, 6.07) is 0.765. The van der Waals surface area contributed by atoms with E-state index in [0.717, 1.165) is 38.9 Å². The van der Waals surface area contributed by atoms with Crippen molar-refractivity contribution in [2.45, 2.75) is 50.6 Å². The molecular weight excluding hydrogens is 252 g/mol. The molecule has 20 heavy (non-hydrogen) atoms. The summed E-state index contributed by atoms with van der Waals surface area (Å²) < 4.78 is 5.49. The molecule has 0 spiro atoms. The van der Waals surface area contributed by atoms with Crippen LogP contribution in [-0.4, -0.2) is 72.5 Å². The molecule has 0 aromatic rings. The van der Waals surface area contributed by atoms with Crippen molar-refractivity contribution >= 4 is 0 Å². The van der Waals surface area contributed by atoms with E-state index in [1.54, 1.807) is 0 Å². The topological polar surface area (TPSA) is 35.9 Å². The second kappa shape index (κ2) is 6.30. The van der Waals surface area contributed by atoms with Crippen LogP contribution in [0.15, 0.2) is 0 Å². The maximum absolute atomic E-state index is 9.29. The highest BCUT2D eigenvalue weighted by Gasteiger charge is 2.39. The molecular formula is C16H30N2O2. The zero-order chi connectivity index (χ0) is 14.0. The molecule has 4 heteroatoms. The molecule has 1 aliphatic carbocycles. The molecule has 1 N–H and O–H groups in total. The third-order valence-electron chi connectivity index (χ3n) is 5.90. The zero-order valence-electron chi connectivity index (χ0n) is 12.9. The Kier molecular flexibility index (Phi) is 4.65. The quantitative estimate of drug-likeness (QED) is 0.847. The number of morpholine rings is 1. The number of hydrogen-bond acceptors (Lipinski definition) is 4. The number of nitrogens with zero attached hydrogens (tertiary/aromatic N) is 2. The van der Waals surface area contributed by atoms with Gasteiger partial charge in [0.25, 0.3) is 0 Å². The lowest BCUT2D eigenvalue weighted by atomic mass is 9.79. The van der Waals surface area contributed by atoms with E-state index in [0.29, 0.717) is 18.1 Å². The van der Waals surface area contributed by atoms with Crippen LogP contribution < -0.4 is 0 Å². The molecule has 0 radical (unpaired) electrons. The SMILES string of the molecule is CC1(N2CCOCC2)CCC(N2CCC(CO)C2)CC1. The van der Waals surface area contributed by atoms with Crippen LogP contribution in [0, 0.1) is 5.92 Å². The second-order valence-electron chi connectivity index (χ2n) is 7.16. The second-order valence-corrected chi connectivity index (χ2v) is 7.16. The van der Waals surface area contributed by atoms with E-state index in [-0.39, 0.29) is 0 Å². The van der Waals surface area contributed by atoms with Gasteiger partial charge in [0.15, 0.2) is 0 Å². The molecule has 4 nitrogen and oxygen atoms in total. The Labute approximate surface area is 123 Å². The molecule has 2 saturated heterocycles. The van der Waals surface area contributed by atoms with Crippen LogP contribution in [0.5, 0.6) is 0 Å². The molecule has 1 atom stereocenters. The lowest BCUT2D eigenvalue weighted by Gasteiger charge is -2.48. The summed E-state index contributed by atoms with van der Waals surface area (Å²) in [5.74, 6) is 0.530. The third kappa shape index (κ3) is 3.03. The lowest BCUT2D eigenvalue weighted by Crippen LogP contribution is -2.55. The first kappa shape index (κ1) is 14.8. The first-order chi connectivity index (χ1) is 9.71. The molecule has 3 rings (SSSR count). The minimum absolute atomic E-state index is 0.370. The van der Waals surface area contributed by atoms with Gasteiger partial charge >= 0.3 is 0 Å². The largest absolute Gasteiger partial charge is 0.396 e. The Morgan fingerprint density at radius 2 is 1.80 bits per heavy atom. The fourth-order valence-electron chi connectivity index (χ4n) is 4.35. The smallest absolute Gasteiger partial charge is 0.0594 e. The molecule has 2 aliphatic heterocycles. The minimum Gasteiger partial charge on any atom is -0.396 e. The van der Waals surface area contributed by atoms with Crippen LogP contribution in [0.3, 0.4) is 0 Å². The molecule has 116 valence electrons. The van der Waals surface area contributed by atoms with Crippen molar-refractivity contribution in [1.29, 1.82) is 0 Å². The molecule has 0 bridgehead atoms. The maximum atomic E-state index is 9.29. The van der Waals surface area contributed by atoms with Gasteiger partial charge in [-0.05, 0) is 51.5 Å². The van der Waals surface area contributed by atoms with Gasteiger partial charge in [0.05, 0.1) is 13.2 Å². The van der Waals surface area contributed by atoms with E-state index >= 15 is 0 Å². The van der Waals surface area contributed by atoms with Crippen molar-refractivity contribution in [3.05, 3.63) is 0 Å². The normalized spacial score (nSPS) is 41.1. The van der Waals surface area contributed by atoms with Crippen LogP contribution in [0.25, 0.3) is 0 Å². The van der Waals surface area contributed by atoms with Crippen molar-refractivity contribution in [1.82, 2.24) is 9.80 Å². The monoisotopic (exact) mass is 282 g/mol. The highest BCUT2D eigenvalue weighted by Crippen LogP contribution is 2.37. The number of aliphatic hydroxyl groups is 1. The maximum Gasteiger partial charge on any atom is 0.0594 e. The molecule has 3 fully saturated rings. The van der Waals surface area contributed by atoms with E-state index in [9.17, 15) is 5.11 Å². The Morgan fingerprint density at radius 3 is 2.40 bits per heavy atom. The van der Waals surface area contributed by atoms with Crippen LogP contribution >= 0.6 is 0 Å². The standard InChI is InChI=1S/C16H30N2O2/c1-16(18-8-10-20-11-9-18)5-2-15(3-6-16)17-7-4-14(12-17)13-19/h14-15,19H,2-13H2,1H3. The van der Waals surface area contributed by atoms with Crippen LogP contribution in [0.1, 0.15) is 39.0 Å². The van der Waals surface area contributed by atoms with Crippen LogP contribution in [-0.2, 0) is 4.74 Å². The van der Waals surface area contributed by atoms with Gasteiger partial charge in [-0.1, -0.05) is 0 Å². The predicted octanol–water partition coefficient (Wildman–Crippen LogP) is 1.33. The zero-order valence-corrected chi connectivity index (χ0v) is 12.9. The fraction of sp³-hybridized carbons (Fsp3) is 1.00. The van der Waals surface area contributed by atoms with Crippen molar-refractivity contribution in [2.75, 3.05) is 46.0 Å². The summed E-state index contributed by atoms with van der Waals surface area (Å²) in [7, 11) is 0. The highest BCUT2D eigenvalue weighted by atomic mass is 16.5. The summed E-state index contributed by atoms with van der Waals surface area (Å²) in [6.07, 6.45) is 6.47. The Bertz CT molecular complexity index is 310. The first-order valence-corrected chi connectivity index (χ1v) is 8.39. The highest BCUT2D eigenvalue weighted by molar-refractivity contribution is 4.95. The van der Waals surface area contributed by atoms with Gasteiger partial charge in [0.2, 0.25) is 0 Å². The van der Waals surface area contributed by atoms with Gasteiger partial charge in [0.1, 0.15) is 0 Å². The minimum atomic E-state index is 0.370. The molecule has 2 heterocycles. The van der Waals surface area contributed by atoms with Crippen molar-refractivity contribution < 1.29 is 9.84 Å². The fourth-order valence-corrected chi connectivity index (χ4v) is 4.35. The summed E-state index contributed by atoms with van der Waals surface area (Å²) >= 11 is 0. The number of likely N-dealkylation sites (tertiary alicyclic amines) is 1. The van der Waals surface area contributed by atoms with E-state index in [1.807, 2.05) is 0 Å². The first-order valence-electron chi connectivity index (χ1n) is 8.39. The van der Waals surface area contributed by atoms with Gasteiger partial charge in [-0.15, -0.1) is 0 Å². The summed E-state index contributed by atoms with van der Waals surface area (Å²) in [4.78, 5) is 5.30. The van der Waals surface area contributed by atoms with Gasteiger partial charge in [-0.25, -0.2) is 0 Å². The lowest BCUT2D eigenvalue weighted by molar-refractivity contribution is -0.0381. The van der Waals surface area contributed by atoms with E-state index in [4.69, 9.17) is 4.74 Å². The summed E-state index contributed by atoms with van der Waals surface area (Å²) in [5.41, 5.74) is 0.399. The van der Waals surface area contributed by atoms with E-state index in [2.05, 4.69) is 16.7 Å². The average molecular weight is 282 g/mol. The van der Waals surface area contributed by atoms with Crippen molar-refractivity contribution in [2.24, 2.45) is 5.92 Å². The number of aliphatic hydroxyl groups excluding tert-OH is 1. The summed E-state index contributed by atoms with van der Waals surface area (Å²) in [5, 5.41) is 9.29. The van der Waals surface area contributed by atoms with E-state index < -0.39 is 0 Å². The van der Waals surface area contributed by atoms with E-state index in [1.165, 1.54) is 38.6 Å². The van der Waals surface area contributed by atoms with Crippen molar-refractivity contribution in [3.8, 4) is 0 Å². The van der Waals surface area contributed by atoms with Gasteiger partial charge < -0.3 is 14.7 Å². The Morgan fingerprint density at radius 1 is 1.10 bits per heavy atom. The molecule has 0 amide bonds. The van der Waals surface area contributed by atoms with Crippen LogP contribution in [0.2, 0.25) is 0 Å². The molecule has 1 unspecified atom stereocenters.